The highest BCUT2D eigenvalue weighted by molar-refractivity contribution is 4.81. The SMILES string of the molecule is CC(C)(C)OCCN1CCC(C(O)C(F)(F)F)CC1. The number of aliphatic hydroxyl groups excluding tert-OH is 1. The molecule has 0 aromatic heterocycles. The van der Waals surface area contributed by atoms with E-state index in [-0.39, 0.29) is 5.60 Å². The molecule has 19 heavy (non-hydrogen) atoms. The first-order chi connectivity index (χ1) is 8.59. The average molecular weight is 283 g/mol. The number of nitrogens with zero attached hydrogens (tertiary/aromatic N) is 1. The summed E-state index contributed by atoms with van der Waals surface area (Å²) < 4.78 is 42.7. The van der Waals surface area contributed by atoms with E-state index in [0.717, 1.165) is 6.54 Å². The molecule has 6 heteroatoms. The van der Waals surface area contributed by atoms with Crippen molar-refractivity contribution in [1.82, 2.24) is 4.90 Å². The number of hydrogen-bond acceptors (Lipinski definition) is 3. The van der Waals surface area contributed by atoms with Crippen molar-refractivity contribution in [2.75, 3.05) is 26.2 Å². The van der Waals surface area contributed by atoms with Gasteiger partial charge in [-0.1, -0.05) is 0 Å². The second-order valence-electron chi connectivity index (χ2n) is 6.13. The van der Waals surface area contributed by atoms with Crippen molar-refractivity contribution >= 4 is 0 Å². The molecule has 114 valence electrons. The Morgan fingerprint density at radius 3 is 2.16 bits per heavy atom. The highest BCUT2D eigenvalue weighted by Gasteiger charge is 2.44. The average Bonchev–Trinajstić information content (AvgIpc) is 2.26. The van der Waals surface area contributed by atoms with Gasteiger partial charge in [-0.25, -0.2) is 0 Å². The van der Waals surface area contributed by atoms with Crippen LogP contribution in [-0.2, 0) is 4.74 Å². The maximum atomic E-state index is 12.4. The van der Waals surface area contributed by atoms with Crippen LogP contribution in [0.1, 0.15) is 33.6 Å². The topological polar surface area (TPSA) is 32.7 Å². The van der Waals surface area contributed by atoms with Gasteiger partial charge in [0.25, 0.3) is 0 Å². The summed E-state index contributed by atoms with van der Waals surface area (Å²) in [6.45, 7) is 8.40. The lowest BCUT2D eigenvalue weighted by atomic mass is 9.91. The molecule has 1 fully saturated rings. The summed E-state index contributed by atoms with van der Waals surface area (Å²) in [4.78, 5) is 2.09. The summed E-state index contributed by atoms with van der Waals surface area (Å²) in [5, 5.41) is 9.21. The van der Waals surface area contributed by atoms with Crippen LogP contribution in [0.3, 0.4) is 0 Å². The third kappa shape index (κ3) is 6.10. The Balaban J connectivity index is 2.26. The van der Waals surface area contributed by atoms with Crippen molar-refractivity contribution in [3.63, 3.8) is 0 Å². The van der Waals surface area contributed by atoms with Gasteiger partial charge in [-0.3, -0.25) is 0 Å². The third-order valence-corrected chi connectivity index (χ3v) is 3.36. The predicted molar refractivity (Wildman–Crippen MR) is 66.9 cm³/mol. The predicted octanol–water partition coefficient (Wildman–Crippen LogP) is 2.44. The van der Waals surface area contributed by atoms with Gasteiger partial charge in [0.2, 0.25) is 0 Å². The van der Waals surface area contributed by atoms with Gasteiger partial charge in [-0.05, 0) is 52.6 Å². The first kappa shape index (κ1) is 16.7. The molecule has 0 bridgehead atoms. The minimum atomic E-state index is -4.50. The Labute approximate surface area is 112 Å². The van der Waals surface area contributed by atoms with E-state index in [2.05, 4.69) is 4.90 Å². The minimum absolute atomic E-state index is 0.190. The van der Waals surface area contributed by atoms with Crippen LogP contribution >= 0.6 is 0 Å². The molecule has 0 aromatic rings. The quantitative estimate of drug-likeness (QED) is 0.860. The summed E-state index contributed by atoms with van der Waals surface area (Å²) in [6, 6.07) is 0. The van der Waals surface area contributed by atoms with Crippen molar-refractivity contribution < 1.29 is 23.0 Å². The van der Waals surface area contributed by atoms with Crippen LogP contribution in [-0.4, -0.2) is 54.1 Å². The molecule has 0 aliphatic carbocycles. The van der Waals surface area contributed by atoms with Crippen LogP contribution in [0.4, 0.5) is 13.2 Å². The van der Waals surface area contributed by atoms with Gasteiger partial charge in [-0.2, -0.15) is 13.2 Å². The van der Waals surface area contributed by atoms with Crippen LogP contribution < -0.4 is 0 Å². The summed E-state index contributed by atoms with van der Waals surface area (Å²) in [7, 11) is 0. The van der Waals surface area contributed by atoms with Crippen molar-refractivity contribution in [3.05, 3.63) is 0 Å². The smallest absolute Gasteiger partial charge is 0.383 e. The lowest BCUT2D eigenvalue weighted by Gasteiger charge is -2.35. The second kappa shape index (κ2) is 6.41. The maximum absolute atomic E-state index is 12.4. The molecule has 1 atom stereocenters. The Bertz CT molecular complexity index is 268. The number of piperidine rings is 1. The molecule has 1 aliphatic heterocycles. The van der Waals surface area contributed by atoms with Crippen molar-refractivity contribution in [2.24, 2.45) is 5.92 Å². The van der Waals surface area contributed by atoms with Gasteiger partial charge >= 0.3 is 6.18 Å². The fourth-order valence-corrected chi connectivity index (χ4v) is 2.24. The van der Waals surface area contributed by atoms with Crippen LogP contribution in [0.15, 0.2) is 0 Å². The molecule has 0 spiro atoms. The second-order valence-corrected chi connectivity index (χ2v) is 6.13. The first-order valence-electron chi connectivity index (χ1n) is 6.71. The molecule has 1 aliphatic rings. The highest BCUT2D eigenvalue weighted by Crippen LogP contribution is 2.31. The van der Waals surface area contributed by atoms with Crippen LogP contribution in [0.2, 0.25) is 0 Å². The van der Waals surface area contributed by atoms with E-state index in [1.807, 2.05) is 20.8 Å². The lowest BCUT2D eigenvalue weighted by Crippen LogP contribution is -2.44. The number of rotatable bonds is 4. The molecule has 0 saturated carbocycles. The molecular formula is C13H24F3NO2. The summed E-state index contributed by atoms with van der Waals surface area (Å²) in [5.74, 6) is -0.667. The Morgan fingerprint density at radius 1 is 1.21 bits per heavy atom. The van der Waals surface area contributed by atoms with Gasteiger partial charge in [-0.15, -0.1) is 0 Å². The van der Waals surface area contributed by atoms with Gasteiger partial charge in [0.05, 0.1) is 12.2 Å². The van der Waals surface area contributed by atoms with E-state index in [0.29, 0.717) is 32.5 Å². The minimum Gasteiger partial charge on any atom is -0.383 e. The number of halogens is 3. The number of hydrogen-bond donors (Lipinski definition) is 1. The monoisotopic (exact) mass is 283 g/mol. The molecule has 1 unspecified atom stereocenters. The zero-order valence-corrected chi connectivity index (χ0v) is 11.8. The van der Waals surface area contributed by atoms with Crippen LogP contribution in [0.25, 0.3) is 0 Å². The molecule has 1 rings (SSSR count). The number of ether oxygens (including phenoxy) is 1. The molecule has 0 amide bonds. The Kier molecular flexibility index (Phi) is 5.65. The van der Waals surface area contributed by atoms with Gasteiger partial charge in [0.15, 0.2) is 6.10 Å². The number of aliphatic hydroxyl groups is 1. The molecule has 1 heterocycles. The van der Waals surface area contributed by atoms with Crippen molar-refractivity contribution in [2.45, 2.75) is 51.5 Å². The molecular weight excluding hydrogens is 259 g/mol. The van der Waals surface area contributed by atoms with Crippen LogP contribution in [0.5, 0.6) is 0 Å². The molecule has 1 N–H and O–H groups in total. The van der Waals surface area contributed by atoms with Gasteiger partial charge in [0, 0.05) is 6.54 Å². The summed E-state index contributed by atoms with van der Waals surface area (Å²) >= 11 is 0. The Hall–Kier alpha value is -0.330. The first-order valence-corrected chi connectivity index (χ1v) is 6.71. The van der Waals surface area contributed by atoms with E-state index in [1.54, 1.807) is 0 Å². The van der Waals surface area contributed by atoms with E-state index in [4.69, 9.17) is 4.74 Å². The molecule has 3 nitrogen and oxygen atoms in total. The summed E-state index contributed by atoms with van der Waals surface area (Å²) in [6.07, 6.45) is -5.91. The molecule has 0 radical (unpaired) electrons. The van der Waals surface area contributed by atoms with E-state index in [1.165, 1.54) is 0 Å². The molecule has 1 saturated heterocycles. The zero-order valence-electron chi connectivity index (χ0n) is 11.8. The van der Waals surface area contributed by atoms with Crippen LogP contribution in [0, 0.1) is 5.92 Å². The normalized spacial score (nSPS) is 21.6. The zero-order chi connectivity index (χ0) is 14.7. The van der Waals surface area contributed by atoms with Crippen molar-refractivity contribution in [3.8, 4) is 0 Å². The molecule has 0 aromatic carbocycles. The lowest BCUT2D eigenvalue weighted by molar-refractivity contribution is -0.223. The van der Waals surface area contributed by atoms with E-state index >= 15 is 0 Å². The number of alkyl halides is 3. The van der Waals surface area contributed by atoms with Crippen molar-refractivity contribution in [1.29, 1.82) is 0 Å². The largest absolute Gasteiger partial charge is 0.414 e. The maximum Gasteiger partial charge on any atom is 0.414 e. The van der Waals surface area contributed by atoms with Gasteiger partial charge < -0.3 is 14.7 Å². The third-order valence-electron chi connectivity index (χ3n) is 3.36. The van der Waals surface area contributed by atoms with Gasteiger partial charge in [0.1, 0.15) is 0 Å². The fourth-order valence-electron chi connectivity index (χ4n) is 2.24. The standard InChI is InChI=1S/C13H24F3NO2/c1-12(2,3)19-9-8-17-6-4-10(5-7-17)11(18)13(14,15)16/h10-11,18H,4-9H2,1-3H3. The van der Waals surface area contributed by atoms with E-state index < -0.39 is 18.2 Å². The fraction of sp³-hybridized carbons (Fsp3) is 1.00. The Morgan fingerprint density at radius 2 is 1.74 bits per heavy atom. The highest BCUT2D eigenvalue weighted by atomic mass is 19.4. The van der Waals surface area contributed by atoms with E-state index in [9.17, 15) is 18.3 Å². The number of likely N-dealkylation sites (tertiary alicyclic amines) is 1. The summed E-state index contributed by atoms with van der Waals surface area (Å²) in [5.41, 5.74) is -0.190.